The molecule has 1 saturated heterocycles. The number of benzene rings is 1. The number of pyridine rings is 1. The molecule has 1 amide bonds. The number of rotatable bonds is 6. The zero-order valence-corrected chi connectivity index (χ0v) is 16.7. The quantitative estimate of drug-likeness (QED) is 0.725. The molecule has 2 aliphatic rings. The van der Waals surface area contributed by atoms with Gasteiger partial charge in [-0.2, -0.15) is 0 Å². The van der Waals surface area contributed by atoms with E-state index in [1.807, 2.05) is 50.2 Å². The summed E-state index contributed by atoms with van der Waals surface area (Å²) in [6, 6.07) is 13.1. The molecule has 1 aliphatic heterocycles. The predicted octanol–water partition coefficient (Wildman–Crippen LogP) is 3.49. The van der Waals surface area contributed by atoms with E-state index in [0.717, 1.165) is 24.2 Å². The summed E-state index contributed by atoms with van der Waals surface area (Å²) in [6.07, 6.45) is -0.293. The Morgan fingerprint density at radius 1 is 1.25 bits per heavy atom. The molecule has 2 fully saturated rings. The van der Waals surface area contributed by atoms with Gasteiger partial charge in [0.25, 0.3) is 0 Å². The number of carbonyl (C=O) groups excluding carboxylic acids is 1. The van der Waals surface area contributed by atoms with Crippen LogP contribution < -0.4 is 15.4 Å². The van der Waals surface area contributed by atoms with Crippen LogP contribution in [0.1, 0.15) is 25.0 Å². The minimum absolute atomic E-state index is 0.201. The number of hydrogen-bond donors (Lipinski definition) is 2. The largest absolute Gasteiger partial charge is 0.474 e. The number of carbonyl (C=O) groups is 1. The topological polar surface area (TPSA) is 72.5 Å². The van der Waals surface area contributed by atoms with Crippen molar-refractivity contribution in [2.24, 2.45) is 11.8 Å². The Hall–Kier alpha value is -2.31. The van der Waals surface area contributed by atoms with Gasteiger partial charge in [-0.25, -0.2) is 9.78 Å². The third-order valence-corrected chi connectivity index (χ3v) is 5.58. The van der Waals surface area contributed by atoms with Gasteiger partial charge in [-0.1, -0.05) is 41.9 Å². The Morgan fingerprint density at radius 3 is 2.68 bits per heavy atom. The molecule has 2 atom stereocenters. The van der Waals surface area contributed by atoms with Crippen LogP contribution in [0.4, 0.5) is 4.79 Å². The number of nitrogens with one attached hydrogen (secondary N) is 2. The van der Waals surface area contributed by atoms with Crippen LogP contribution in [0.3, 0.4) is 0 Å². The lowest BCUT2D eigenvalue weighted by Gasteiger charge is -2.27. The van der Waals surface area contributed by atoms with E-state index in [9.17, 15) is 4.79 Å². The molecule has 2 heterocycles. The van der Waals surface area contributed by atoms with Gasteiger partial charge in [0, 0.05) is 31.0 Å². The van der Waals surface area contributed by atoms with Crippen LogP contribution in [0.5, 0.6) is 5.88 Å². The van der Waals surface area contributed by atoms with Crippen LogP contribution in [0.25, 0.3) is 0 Å². The second-order valence-corrected chi connectivity index (χ2v) is 8.28. The summed E-state index contributed by atoms with van der Waals surface area (Å²) in [5, 5.41) is 6.57. The number of nitrogens with zero attached hydrogens (tertiary/aromatic N) is 1. The van der Waals surface area contributed by atoms with Gasteiger partial charge in [0.05, 0.1) is 5.54 Å². The van der Waals surface area contributed by atoms with Crippen LogP contribution in [-0.2, 0) is 16.9 Å². The van der Waals surface area contributed by atoms with Crippen molar-refractivity contribution in [3.63, 3.8) is 0 Å². The van der Waals surface area contributed by atoms with E-state index in [2.05, 4.69) is 15.6 Å². The number of hydrogen-bond acceptors (Lipinski definition) is 5. The molecular formula is C21H24ClN3O3. The summed E-state index contributed by atoms with van der Waals surface area (Å²) in [6.45, 7) is 5.98. The molecule has 2 unspecified atom stereocenters. The number of amides is 1. The highest BCUT2D eigenvalue weighted by Crippen LogP contribution is 2.44. The van der Waals surface area contributed by atoms with Crippen molar-refractivity contribution in [2.75, 3.05) is 13.1 Å². The van der Waals surface area contributed by atoms with Gasteiger partial charge in [-0.05, 0) is 31.0 Å². The van der Waals surface area contributed by atoms with Gasteiger partial charge < -0.3 is 20.1 Å². The molecule has 6 nitrogen and oxygen atoms in total. The fraction of sp³-hybridized carbons (Fsp3) is 0.429. The van der Waals surface area contributed by atoms with Crippen molar-refractivity contribution in [3.05, 3.63) is 58.7 Å². The second-order valence-electron chi connectivity index (χ2n) is 7.90. The second kappa shape index (κ2) is 7.60. The first-order valence-electron chi connectivity index (χ1n) is 9.47. The first-order valence-corrected chi connectivity index (χ1v) is 9.84. The average molecular weight is 402 g/mol. The lowest BCUT2D eigenvalue weighted by Crippen LogP contribution is -2.41. The molecular weight excluding hydrogens is 378 g/mol. The third kappa shape index (κ3) is 4.23. The molecule has 1 aliphatic carbocycles. The number of ether oxygens (including phenoxy) is 2. The van der Waals surface area contributed by atoms with Gasteiger partial charge in [0.1, 0.15) is 17.9 Å². The van der Waals surface area contributed by atoms with E-state index in [0.29, 0.717) is 22.9 Å². The van der Waals surface area contributed by atoms with Crippen molar-refractivity contribution in [1.29, 1.82) is 0 Å². The monoisotopic (exact) mass is 401 g/mol. The van der Waals surface area contributed by atoms with Gasteiger partial charge in [-0.15, -0.1) is 0 Å². The highest BCUT2D eigenvalue weighted by molar-refractivity contribution is 6.29. The third-order valence-electron chi connectivity index (χ3n) is 5.39. The molecule has 0 spiro atoms. The van der Waals surface area contributed by atoms with Crippen LogP contribution in [0.15, 0.2) is 42.5 Å². The van der Waals surface area contributed by atoms with Crippen molar-refractivity contribution in [2.45, 2.75) is 32.1 Å². The summed E-state index contributed by atoms with van der Waals surface area (Å²) in [5.41, 5.74) is 1.05. The van der Waals surface area contributed by atoms with Gasteiger partial charge in [0.2, 0.25) is 5.88 Å². The van der Waals surface area contributed by atoms with Gasteiger partial charge in [-0.3, -0.25) is 0 Å². The lowest BCUT2D eigenvalue weighted by atomic mass is 9.95. The zero-order valence-electron chi connectivity index (χ0n) is 15.9. The maximum Gasteiger partial charge on any atom is 0.408 e. The fourth-order valence-electron chi connectivity index (χ4n) is 3.66. The first kappa shape index (κ1) is 19.0. The number of aromatic nitrogens is 1. The van der Waals surface area contributed by atoms with Crippen LogP contribution in [-0.4, -0.2) is 30.3 Å². The SMILES string of the molecule is CC(C)(NC(=O)OCc1ccccc1)c1cc(Cl)nc(OC2C3CNCC32)c1. The summed E-state index contributed by atoms with van der Waals surface area (Å²) in [5.74, 6) is 1.61. The molecule has 2 N–H and O–H groups in total. The summed E-state index contributed by atoms with van der Waals surface area (Å²) < 4.78 is 11.4. The van der Waals surface area contributed by atoms with Crippen molar-refractivity contribution >= 4 is 17.7 Å². The van der Waals surface area contributed by atoms with Crippen LogP contribution in [0.2, 0.25) is 5.15 Å². The molecule has 28 heavy (non-hydrogen) atoms. The summed E-state index contributed by atoms with van der Waals surface area (Å²) >= 11 is 6.21. The molecule has 4 rings (SSSR count). The molecule has 148 valence electrons. The standard InChI is InChI=1S/C21H24ClN3O3/c1-21(2,25-20(26)27-12-13-6-4-3-5-7-13)14-8-17(22)24-18(9-14)28-19-15-10-23-11-16(15)19/h3-9,15-16,19,23H,10-12H2,1-2H3,(H,25,26). The number of halogens is 1. The highest BCUT2D eigenvalue weighted by atomic mass is 35.5. The van der Waals surface area contributed by atoms with E-state index in [4.69, 9.17) is 21.1 Å². The maximum atomic E-state index is 12.3. The first-order chi connectivity index (χ1) is 13.4. The minimum Gasteiger partial charge on any atom is -0.474 e. The predicted molar refractivity (Wildman–Crippen MR) is 106 cm³/mol. The molecule has 0 radical (unpaired) electrons. The average Bonchev–Trinajstić information content (AvgIpc) is 3.08. The number of alkyl carbamates (subject to hydrolysis) is 1. The smallest absolute Gasteiger partial charge is 0.408 e. The molecule has 7 heteroatoms. The van der Waals surface area contributed by atoms with E-state index < -0.39 is 11.6 Å². The van der Waals surface area contributed by atoms with E-state index in [-0.39, 0.29) is 12.7 Å². The molecule has 2 aromatic rings. The van der Waals surface area contributed by atoms with Crippen molar-refractivity contribution in [3.8, 4) is 5.88 Å². The van der Waals surface area contributed by atoms with E-state index in [1.165, 1.54) is 0 Å². The lowest BCUT2D eigenvalue weighted by molar-refractivity contribution is 0.129. The summed E-state index contributed by atoms with van der Waals surface area (Å²) in [7, 11) is 0. The zero-order chi connectivity index (χ0) is 19.7. The molecule has 1 aromatic heterocycles. The van der Waals surface area contributed by atoms with Crippen molar-refractivity contribution in [1.82, 2.24) is 15.6 Å². The van der Waals surface area contributed by atoms with E-state index in [1.54, 1.807) is 6.07 Å². The molecule has 0 bridgehead atoms. The Kier molecular flexibility index (Phi) is 5.17. The number of fused-ring (bicyclic) bond motifs is 1. The highest BCUT2D eigenvalue weighted by Gasteiger charge is 2.55. The Balaban J connectivity index is 1.39. The molecule has 1 saturated carbocycles. The Bertz CT molecular complexity index is 849. The number of piperidine rings is 1. The maximum absolute atomic E-state index is 12.3. The van der Waals surface area contributed by atoms with Crippen LogP contribution in [0, 0.1) is 11.8 Å². The van der Waals surface area contributed by atoms with E-state index >= 15 is 0 Å². The fourth-order valence-corrected chi connectivity index (χ4v) is 3.86. The minimum atomic E-state index is -0.695. The van der Waals surface area contributed by atoms with Gasteiger partial charge in [0.15, 0.2) is 0 Å². The normalized spacial score (nSPS) is 23.0. The summed E-state index contributed by atoms with van der Waals surface area (Å²) in [4.78, 5) is 16.6. The van der Waals surface area contributed by atoms with Crippen molar-refractivity contribution < 1.29 is 14.3 Å². The Labute approximate surface area is 169 Å². The van der Waals surface area contributed by atoms with Crippen LogP contribution >= 0.6 is 11.6 Å². The Morgan fingerprint density at radius 2 is 1.96 bits per heavy atom. The van der Waals surface area contributed by atoms with Gasteiger partial charge >= 0.3 is 6.09 Å². The molecule has 1 aromatic carbocycles.